The van der Waals surface area contributed by atoms with Crippen LogP contribution in [0.2, 0.25) is 0 Å². The third kappa shape index (κ3) is 6.14. The lowest BCUT2D eigenvalue weighted by Gasteiger charge is -2.15. The number of rotatable bonds is 8. The van der Waals surface area contributed by atoms with Crippen LogP contribution in [-0.4, -0.2) is 24.7 Å². The highest BCUT2D eigenvalue weighted by Crippen LogP contribution is 2.32. The second-order valence-corrected chi connectivity index (χ2v) is 7.16. The van der Waals surface area contributed by atoms with Gasteiger partial charge < -0.3 is 5.32 Å². The molecule has 0 atom stereocenters. The van der Waals surface area contributed by atoms with Gasteiger partial charge >= 0.3 is 0 Å². The van der Waals surface area contributed by atoms with Gasteiger partial charge in [-0.05, 0) is 29.5 Å². The molecule has 2 aromatic carbocycles. The number of carbonyl (C=O) groups is 1. The molecular weight excluding hydrogens is 384 g/mol. The quantitative estimate of drug-likeness (QED) is 0.386. The van der Waals surface area contributed by atoms with E-state index in [2.05, 4.69) is 10.3 Å². The molecule has 1 aliphatic rings. The fourth-order valence-corrected chi connectivity index (χ4v) is 3.09. The van der Waals surface area contributed by atoms with Crippen molar-refractivity contribution in [2.75, 3.05) is 6.54 Å². The Morgan fingerprint density at radius 1 is 1.10 bits per heavy atom. The van der Waals surface area contributed by atoms with Crippen molar-refractivity contribution in [3.63, 3.8) is 0 Å². The molecule has 0 spiro atoms. The highest BCUT2D eigenvalue weighted by atomic mass is 19.3. The zero-order chi connectivity index (χ0) is 20.8. The number of nitrogens with zero attached hydrogens (tertiary/aromatic N) is 1. The summed E-state index contributed by atoms with van der Waals surface area (Å²) in [5.41, 5.74) is 0.237. The van der Waals surface area contributed by atoms with E-state index in [9.17, 15) is 22.4 Å². The van der Waals surface area contributed by atoms with E-state index in [0.29, 0.717) is 12.5 Å². The summed E-state index contributed by atoms with van der Waals surface area (Å²) in [7, 11) is 0. The van der Waals surface area contributed by atoms with Gasteiger partial charge in [0.2, 0.25) is 12.3 Å². The van der Waals surface area contributed by atoms with E-state index in [0.717, 1.165) is 37.0 Å². The average molecular weight is 406 g/mol. The molecule has 0 bridgehead atoms. The summed E-state index contributed by atoms with van der Waals surface area (Å²) in [6, 6.07) is 10.8. The van der Waals surface area contributed by atoms with Crippen LogP contribution in [0.4, 0.5) is 17.6 Å². The van der Waals surface area contributed by atoms with Crippen molar-refractivity contribution in [2.24, 2.45) is 10.9 Å². The van der Waals surface area contributed by atoms with E-state index in [1.807, 2.05) is 6.07 Å². The number of hydrogen-bond donors (Lipinski definition) is 1. The molecule has 2 aromatic rings. The molecule has 7 heteroatoms. The van der Waals surface area contributed by atoms with E-state index < -0.39 is 36.0 Å². The fourth-order valence-electron chi connectivity index (χ4n) is 3.09. The van der Waals surface area contributed by atoms with Gasteiger partial charge in [0.15, 0.2) is 11.6 Å². The van der Waals surface area contributed by atoms with Gasteiger partial charge in [-0.2, -0.15) is 0 Å². The number of amides is 1. The maximum atomic E-state index is 14.6. The van der Waals surface area contributed by atoms with Gasteiger partial charge in [0, 0.05) is 13.0 Å². The topological polar surface area (TPSA) is 41.5 Å². The van der Waals surface area contributed by atoms with E-state index in [1.165, 1.54) is 0 Å². The molecule has 3 nitrogen and oxygen atoms in total. The lowest BCUT2D eigenvalue weighted by molar-refractivity contribution is -0.119. The van der Waals surface area contributed by atoms with E-state index >= 15 is 0 Å². The molecular formula is C22H22F4N2O. The van der Waals surface area contributed by atoms with E-state index in [4.69, 9.17) is 0 Å². The molecule has 154 valence electrons. The van der Waals surface area contributed by atoms with Crippen molar-refractivity contribution < 1.29 is 22.4 Å². The molecule has 1 N–H and O–H groups in total. The van der Waals surface area contributed by atoms with Crippen molar-refractivity contribution in [3.05, 3.63) is 70.8 Å². The lowest BCUT2D eigenvalue weighted by Crippen LogP contribution is -2.34. The molecule has 29 heavy (non-hydrogen) atoms. The van der Waals surface area contributed by atoms with Crippen LogP contribution in [0.1, 0.15) is 36.0 Å². The average Bonchev–Trinajstić information content (AvgIpc) is 3.49. The summed E-state index contributed by atoms with van der Waals surface area (Å²) >= 11 is 0. The molecule has 0 radical (unpaired) electrons. The van der Waals surface area contributed by atoms with Gasteiger partial charge in [0.25, 0.3) is 0 Å². The molecule has 1 saturated carbocycles. The molecule has 0 aromatic heterocycles. The normalized spacial score (nSPS) is 14.3. The number of alkyl halides is 2. The minimum Gasteiger partial charge on any atom is -0.310 e. The van der Waals surface area contributed by atoms with Crippen LogP contribution >= 0.6 is 0 Å². The van der Waals surface area contributed by atoms with Crippen LogP contribution in [0.25, 0.3) is 0 Å². The van der Waals surface area contributed by atoms with Crippen molar-refractivity contribution in [3.8, 4) is 0 Å². The Bertz CT molecular complexity index is 880. The standard InChI is InChI=1S/C22H22F4N2O/c23-17-9-8-16(13-18(24)25)20(21(17)26)22(27-11-10-14-6-7-14)28-19(29)12-15-4-2-1-3-5-15/h1-5,8-9,14,18H,6-7,10-13H2,(H,27,28,29). The van der Waals surface area contributed by atoms with Gasteiger partial charge in [0.1, 0.15) is 5.84 Å². The highest BCUT2D eigenvalue weighted by molar-refractivity contribution is 6.09. The number of halogens is 4. The maximum Gasteiger partial charge on any atom is 0.242 e. The molecule has 0 saturated heterocycles. The van der Waals surface area contributed by atoms with Crippen molar-refractivity contribution in [1.29, 1.82) is 0 Å². The highest BCUT2D eigenvalue weighted by Gasteiger charge is 2.24. The summed E-state index contributed by atoms with van der Waals surface area (Å²) in [4.78, 5) is 16.7. The van der Waals surface area contributed by atoms with Gasteiger partial charge in [-0.3, -0.25) is 9.79 Å². The number of amidine groups is 1. The smallest absolute Gasteiger partial charge is 0.242 e. The summed E-state index contributed by atoms with van der Waals surface area (Å²) in [6.45, 7) is 0.301. The first kappa shape index (κ1) is 21.0. The van der Waals surface area contributed by atoms with Crippen molar-refractivity contribution in [2.45, 2.75) is 38.5 Å². The summed E-state index contributed by atoms with van der Waals surface area (Å²) < 4.78 is 54.4. The predicted molar refractivity (Wildman–Crippen MR) is 103 cm³/mol. The van der Waals surface area contributed by atoms with Crippen LogP contribution < -0.4 is 5.32 Å². The Balaban J connectivity index is 1.88. The van der Waals surface area contributed by atoms with Gasteiger partial charge in [-0.1, -0.05) is 49.2 Å². The molecule has 0 aliphatic heterocycles. The Morgan fingerprint density at radius 2 is 1.83 bits per heavy atom. The van der Waals surface area contributed by atoms with E-state index in [-0.39, 0.29) is 17.8 Å². The largest absolute Gasteiger partial charge is 0.310 e. The number of benzene rings is 2. The molecule has 0 unspecified atom stereocenters. The number of carbonyl (C=O) groups excluding carboxylic acids is 1. The Kier molecular flexibility index (Phi) is 7.01. The molecule has 1 amide bonds. The van der Waals surface area contributed by atoms with Gasteiger partial charge in [-0.15, -0.1) is 0 Å². The first-order chi connectivity index (χ1) is 13.9. The molecule has 0 heterocycles. The first-order valence-electron chi connectivity index (χ1n) is 9.57. The second kappa shape index (κ2) is 9.67. The fraction of sp³-hybridized carbons (Fsp3) is 0.364. The van der Waals surface area contributed by atoms with Crippen LogP contribution in [0, 0.1) is 17.6 Å². The SMILES string of the molecule is O=C(Cc1ccccc1)N/C(=N\CCC1CC1)c1c(CC(F)F)ccc(F)c1F. The number of hydrogen-bond acceptors (Lipinski definition) is 2. The van der Waals surface area contributed by atoms with Gasteiger partial charge in [0.05, 0.1) is 12.0 Å². The lowest BCUT2D eigenvalue weighted by atomic mass is 10.0. The molecule has 1 aliphatic carbocycles. The van der Waals surface area contributed by atoms with Crippen LogP contribution in [0.15, 0.2) is 47.5 Å². The molecule has 1 fully saturated rings. The minimum absolute atomic E-state index is 0.00357. The molecule has 3 rings (SSSR count). The second-order valence-electron chi connectivity index (χ2n) is 7.16. The first-order valence-corrected chi connectivity index (χ1v) is 9.57. The van der Waals surface area contributed by atoms with Crippen molar-refractivity contribution in [1.82, 2.24) is 5.32 Å². The number of nitrogens with one attached hydrogen (secondary N) is 1. The maximum absolute atomic E-state index is 14.6. The minimum atomic E-state index is -2.74. The van der Waals surface area contributed by atoms with Gasteiger partial charge in [-0.25, -0.2) is 17.6 Å². The zero-order valence-electron chi connectivity index (χ0n) is 15.8. The third-order valence-electron chi connectivity index (χ3n) is 4.76. The van der Waals surface area contributed by atoms with Crippen LogP contribution in [0.5, 0.6) is 0 Å². The predicted octanol–water partition coefficient (Wildman–Crippen LogP) is 4.68. The monoisotopic (exact) mass is 406 g/mol. The zero-order valence-corrected chi connectivity index (χ0v) is 15.8. The Morgan fingerprint density at radius 3 is 2.48 bits per heavy atom. The summed E-state index contributed by atoms with van der Waals surface area (Å²) in [5.74, 6) is -2.59. The third-order valence-corrected chi connectivity index (χ3v) is 4.76. The number of aliphatic imine (C=N–C) groups is 1. The van der Waals surface area contributed by atoms with Crippen LogP contribution in [0.3, 0.4) is 0 Å². The Labute approximate surface area is 166 Å². The van der Waals surface area contributed by atoms with Crippen LogP contribution in [-0.2, 0) is 17.6 Å². The summed E-state index contributed by atoms with van der Waals surface area (Å²) in [6.07, 6.45) is -0.566. The Hall–Kier alpha value is -2.70. The van der Waals surface area contributed by atoms with Crippen molar-refractivity contribution >= 4 is 11.7 Å². The van der Waals surface area contributed by atoms with E-state index in [1.54, 1.807) is 24.3 Å². The summed E-state index contributed by atoms with van der Waals surface area (Å²) in [5, 5.41) is 2.52.